The van der Waals surface area contributed by atoms with E-state index in [1.54, 1.807) is 19.1 Å². The number of rotatable bonds is 8. The summed E-state index contributed by atoms with van der Waals surface area (Å²) in [4.78, 5) is 35.9. The molecule has 0 fully saturated rings. The third-order valence-electron chi connectivity index (χ3n) is 5.34. The van der Waals surface area contributed by atoms with Gasteiger partial charge >= 0.3 is 11.6 Å². The lowest BCUT2D eigenvalue weighted by atomic mass is 9.91. The first-order valence-electron chi connectivity index (χ1n) is 10.2. The summed E-state index contributed by atoms with van der Waals surface area (Å²) in [6.45, 7) is 3.52. The number of carbonyl (C=O) groups excluding carboxylic acids is 1. The van der Waals surface area contributed by atoms with Gasteiger partial charge in [-0.3, -0.25) is 4.79 Å². The Morgan fingerprint density at radius 2 is 1.97 bits per heavy atom. The fourth-order valence-electron chi connectivity index (χ4n) is 3.71. The van der Waals surface area contributed by atoms with Gasteiger partial charge in [0.2, 0.25) is 0 Å². The number of unbranched alkanes of at least 4 members (excludes halogenated alkanes) is 1. The highest BCUT2D eigenvalue weighted by molar-refractivity contribution is 5.86. The van der Waals surface area contributed by atoms with Crippen LogP contribution in [0.4, 0.5) is 0 Å². The molecule has 1 amide bonds. The molecule has 156 valence electrons. The number of aliphatic carboxylic acids is 1. The van der Waals surface area contributed by atoms with Crippen LogP contribution in [0.3, 0.4) is 0 Å². The molecule has 7 heteroatoms. The molecule has 7 nitrogen and oxygen atoms in total. The van der Waals surface area contributed by atoms with E-state index in [-0.39, 0.29) is 5.63 Å². The van der Waals surface area contributed by atoms with Crippen molar-refractivity contribution in [2.45, 2.75) is 70.9 Å². The summed E-state index contributed by atoms with van der Waals surface area (Å²) in [7, 11) is 0. The quantitative estimate of drug-likeness (QED) is 0.658. The van der Waals surface area contributed by atoms with Crippen LogP contribution < -0.4 is 15.7 Å². The number of carboxylic acids is 1. The summed E-state index contributed by atoms with van der Waals surface area (Å²) >= 11 is 0. The molecule has 0 radical (unpaired) electrons. The number of nitrogens with one attached hydrogen (secondary N) is 1. The number of aryl methyl sites for hydroxylation is 1. The first kappa shape index (κ1) is 20.9. The van der Waals surface area contributed by atoms with E-state index in [4.69, 9.17) is 9.15 Å². The molecule has 1 heterocycles. The van der Waals surface area contributed by atoms with Gasteiger partial charge in [0.05, 0.1) is 0 Å². The first-order chi connectivity index (χ1) is 13.9. The number of amides is 1. The van der Waals surface area contributed by atoms with Crippen LogP contribution in [-0.4, -0.2) is 29.1 Å². The summed E-state index contributed by atoms with van der Waals surface area (Å²) in [6, 6.07) is 4.27. The van der Waals surface area contributed by atoms with E-state index in [9.17, 15) is 19.5 Å². The van der Waals surface area contributed by atoms with Crippen molar-refractivity contribution in [3.8, 4) is 5.75 Å². The molecular weight excluding hydrogens is 374 g/mol. The summed E-state index contributed by atoms with van der Waals surface area (Å²) < 4.78 is 11.2. The van der Waals surface area contributed by atoms with Crippen LogP contribution in [0.1, 0.15) is 57.1 Å². The summed E-state index contributed by atoms with van der Waals surface area (Å²) in [5.41, 5.74) is 1.93. The molecule has 1 aromatic heterocycles. The topological polar surface area (TPSA) is 106 Å². The zero-order valence-electron chi connectivity index (χ0n) is 16.8. The van der Waals surface area contributed by atoms with Gasteiger partial charge in [-0.2, -0.15) is 0 Å². The second kappa shape index (κ2) is 9.11. The Hall–Kier alpha value is -2.83. The number of benzene rings is 1. The second-order valence-electron chi connectivity index (χ2n) is 7.51. The molecule has 0 spiro atoms. The average Bonchev–Trinajstić information content (AvgIpc) is 2.70. The lowest BCUT2D eigenvalue weighted by Crippen LogP contribution is -2.46. The Labute approximate surface area is 169 Å². The Bertz CT molecular complexity index is 964. The number of hydrogen-bond acceptors (Lipinski definition) is 5. The molecule has 3 rings (SSSR count). The number of hydrogen-bond donors (Lipinski definition) is 2. The fraction of sp³-hybridized carbons (Fsp3) is 0.500. The molecule has 1 aromatic carbocycles. The third kappa shape index (κ3) is 4.78. The largest absolute Gasteiger partial charge is 0.481 e. The predicted molar refractivity (Wildman–Crippen MR) is 108 cm³/mol. The minimum absolute atomic E-state index is 0.310. The van der Waals surface area contributed by atoms with Gasteiger partial charge in [0.25, 0.3) is 5.91 Å². The molecule has 0 saturated heterocycles. The van der Waals surface area contributed by atoms with Crippen molar-refractivity contribution in [2.75, 3.05) is 0 Å². The van der Waals surface area contributed by atoms with Crippen molar-refractivity contribution in [3.63, 3.8) is 0 Å². The maximum absolute atomic E-state index is 12.4. The van der Waals surface area contributed by atoms with Crippen LogP contribution in [0.15, 0.2) is 27.4 Å². The van der Waals surface area contributed by atoms with Crippen molar-refractivity contribution >= 4 is 22.8 Å². The van der Waals surface area contributed by atoms with Crippen LogP contribution in [-0.2, 0) is 22.4 Å². The molecule has 2 N–H and O–H groups in total. The van der Waals surface area contributed by atoms with E-state index >= 15 is 0 Å². The van der Waals surface area contributed by atoms with E-state index in [1.807, 2.05) is 13.0 Å². The van der Waals surface area contributed by atoms with E-state index in [0.717, 1.165) is 48.6 Å². The number of ether oxygens (including phenoxy) is 1. The van der Waals surface area contributed by atoms with Gasteiger partial charge in [-0.1, -0.05) is 19.8 Å². The van der Waals surface area contributed by atoms with Gasteiger partial charge in [-0.15, -0.1) is 0 Å². The standard InChI is InChI=1S/C22H27NO6/c1-3-4-9-18(21(25)26)23-20(24)13(2)28-14-10-11-16-15-7-5-6-8-17(15)22(27)29-19(16)12-14/h10-13,18H,3-9H2,1-2H3,(H,23,24)(H,25,26)/t13-,18-/m0/s1. The minimum Gasteiger partial charge on any atom is -0.481 e. The van der Waals surface area contributed by atoms with Crippen molar-refractivity contribution in [3.05, 3.63) is 39.7 Å². The molecular formula is C22H27NO6. The van der Waals surface area contributed by atoms with Crippen molar-refractivity contribution < 1.29 is 23.8 Å². The Balaban J connectivity index is 1.74. The monoisotopic (exact) mass is 401 g/mol. The van der Waals surface area contributed by atoms with Crippen LogP contribution in [0, 0.1) is 0 Å². The lowest BCUT2D eigenvalue weighted by Gasteiger charge is -2.19. The molecule has 2 aromatic rings. The van der Waals surface area contributed by atoms with Gasteiger partial charge in [0.1, 0.15) is 17.4 Å². The summed E-state index contributed by atoms with van der Waals surface area (Å²) in [6.07, 6.45) is 4.67. The van der Waals surface area contributed by atoms with Gasteiger partial charge in [0.15, 0.2) is 6.10 Å². The Kier molecular flexibility index (Phi) is 6.56. The normalized spacial score (nSPS) is 15.4. The van der Waals surface area contributed by atoms with Crippen LogP contribution in [0.5, 0.6) is 5.75 Å². The molecule has 29 heavy (non-hydrogen) atoms. The number of carbonyl (C=O) groups is 2. The van der Waals surface area contributed by atoms with E-state index < -0.39 is 24.0 Å². The lowest BCUT2D eigenvalue weighted by molar-refractivity contribution is -0.143. The van der Waals surface area contributed by atoms with Crippen LogP contribution >= 0.6 is 0 Å². The number of fused-ring (bicyclic) bond motifs is 3. The smallest absolute Gasteiger partial charge is 0.339 e. The Morgan fingerprint density at radius 3 is 2.66 bits per heavy atom. The zero-order valence-corrected chi connectivity index (χ0v) is 16.8. The minimum atomic E-state index is -1.06. The van der Waals surface area contributed by atoms with E-state index in [2.05, 4.69) is 5.32 Å². The van der Waals surface area contributed by atoms with Gasteiger partial charge in [-0.25, -0.2) is 9.59 Å². The van der Waals surface area contributed by atoms with Gasteiger partial charge in [0, 0.05) is 17.0 Å². The SMILES string of the molecule is CCCC[C@H](NC(=O)[C@H](C)Oc1ccc2c3c(c(=O)oc2c1)CCCC3)C(=O)O. The summed E-state index contributed by atoms with van der Waals surface area (Å²) in [5, 5.41) is 12.7. The molecule has 0 saturated carbocycles. The maximum Gasteiger partial charge on any atom is 0.339 e. The fourth-order valence-corrected chi connectivity index (χ4v) is 3.71. The predicted octanol–water partition coefficient (Wildman–Crippen LogP) is 3.20. The first-order valence-corrected chi connectivity index (χ1v) is 10.2. The molecule has 0 aliphatic heterocycles. The third-order valence-corrected chi connectivity index (χ3v) is 5.34. The van der Waals surface area contributed by atoms with E-state index in [1.165, 1.54) is 0 Å². The number of carboxylic acid groups (broad SMARTS) is 1. The molecule has 1 aliphatic carbocycles. The van der Waals surface area contributed by atoms with Gasteiger partial charge < -0.3 is 19.6 Å². The van der Waals surface area contributed by atoms with Crippen LogP contribution in [0.2, 0.25) is 0 Å². The van der Waals surface area contributed by atoms with E-state index in [0.29, 0.717) is 24.2 Å². The highest BCUT2D eigenvalue weighted by Gasteiger charge is 2.24. The molecule has 0 bridgehead atoms. The molecule has 2 atom stereocenters. The Morgan fingerprint density at radius 1 is 1.24 bits per heavy atom. The average molecular weight is 401 g/mol. The van der Waals surface area contributed by atoms with Crippen LogP contribution in [0.25, 0.3) is 11.0 Å². The zero-order chi connectivity index (χ0) is 21.0. The van der Waals surface area contributed by atoms with Crippen molar-refractivity contribution in [1.29, 1.82) is 0 Å². The highest BCUT2D eigenvalue weighted by atomic mass is 16.5. The maximum atomic E-state index is 12.4. The van der Waals surface area contributed by atoms with Crippen molar-refractivity contribution in [2.24, 2.45) is 0 Å². The second-order valence-corrected chi connectivity index (χ2v) is 7.51. The highest BCUT2D eigenvalue weighted by Crippen LogP contribution is 2.29. The van der Waals surface area contributed by atoms with Crippen molar-refractivity contribution in [1.82, 2.24) is 5.32 Å². The summed E-state index contributed by atoms with van der Waals surface area (Å²) in [5.74, 6) is -1.17. The van der Waals surface area contributed by atoms with Gasteiger partial charge in [-0.05, 0) is 56.7 Å². The molecule has 0 unspecified atom stereocenters. The molecule has 1 aliphatic rings.